The van der Waals surface area contributed by atoms with Crippen LogP contribution in [0.1, 0.15) is 12.8 Å². The van der Waals surface area contributed by atoms with Gasteiger partial charge in [0.2, 0.25) is 5.91 Å². The van der Waals surface area contributed by atoms with Crippen molar-refractivity contribution in [1.29, 1.82) is 0 Å². The van der Waals surface area contributed by atoms with Crippen LogP contribution < -0.4 is 5.32 Å². The predicted molar refractivity (Wildman–Crippen MR) is 141 cm³/mol. The number of anilines is 1. The summed E-state index contributed by atoms with van der Waals surface area (Å²) in [4.78, 5) is 24.8. The number of fused-ring (bicyclic) bond motifs is 2. The smallest absolute Gasteiger partial charge is 0.227 e. The first-order chi connectivity index (χ1) is 18.1. The highest BCUT2D eigenvalue weighted by molar-refractivity contribution is 5.98. The standard InChI is InChI=1S/C29H21FN6O/c30-20-9-6-16(7-10-20)23-14-31-15-25-26(23)34-28(33-25)27-22-13-19(8-11-24(22)35-36-27)18-2-1-3-21(12-18)32-29(37)17-4-5-17/h1-3,6-15,17H,4-5H2,(H,32,37)(H,33,34)(H,35,36). The molecule has 0 saturated heterocycles. The number of rotatable bonds is 5. The maximum atomic E-state index is 13.5. The highest BCUT2D eigenvalue weighted by Gasteiger charge is 2.29. The number of benzene rings is 3. The number of imidazole rings is 1. The zero-order valence-electron chi connectivity index (χ0n) is 19.6. The van der Waals surface area contributed by atoms with Crippen molar-refractivity contribution in [2.45, 2.75) is 12.8 Å². The molecule has 1 fully saturated rings. The Morgan fingerprint density at radius 1 is 0.919 bits per heavy atom. The van der Waals surface area contributed by atoms with E-state index in [0.717, 1.165) is 62.7 Å². The molecule has 37 heavy (non-hydrogen) atoms. The normalized spacial score (nSPS) is 13.3. The van der Waals surface area contributed by atoms with E-state index >= 15 is 0 Å². The van der Waals surface area contributed by atoms with Gasteiger partial charge in [0.15, 0.2) is 5.82 Å². The van der Waals surface area contributed by atoms with Crippen molar-refractivity contribution in [2.75, 3.05) is 5.32 Å². The molecule has 3 aromatic heterocycles. The molecule has 1 aliphatic rings. The number of carbonyl (C=O) groups is 1. The van der Waals surface area contributed by atoms with Gasteiger partial charge in [-0.25, -0.2) is 9.37 Å². The number of hydrogen-bond acceptors (Lipinski definition) is 4. The summed E-state index contributed by atoms with van der Waals surface area (Å²) in [6, 6.07) is 20.3. The van der Waals surface area contributed by atoms with Gasteiger partial charge in [-0.2, -0.15) is 5.10 Å². The van der Waals surface area contributed by atoms with Crippen molar-refractivity contribution in [3.8, 4) is 33.8 Å². The van der Waals surface area contributed by atoms with Gasteiger partial charge in [0.1, 0.15) is 11.5 Å². The lowest BCUT2D eigenvalue weighted by atomic mass is 10.0. The number of aromatic amines is 2. The number of halogens is 1. The molecule has 6 aromatic rings. The van der Waals surface area contributed by atoms with Crippen LogP contribution in [0, 0.1) is 11.7 Å². The molecule has 0 aliphatic heterocycles. The first-order valence-electron chi connectivity index (χ1n) is 12.1. The molecule has 0 bridgehead atoms. The van der Waals surface area contributed by atoms with Crippen molar-refractivity contribution in [3.63, 3.8) is 0 Å². The zero-order chi connectivity index (χ0) is 24.9. The van der Waals surface area contributed by atoms with Gasteiger partial charge in [0, 0.05) is 28.8 Å². The van der Waals surface area contributed by atoms with Crippen molar-refractivity contribution in [2.24, 2.45) is 5.92 Å². The maximum absolute atomic E-state index is 13.5. The number of nitrogens with zero attached hydrogens (tertiary/aromatic N) is 3. The van der Waals surface area contributed by atoms with E-state index in [9.17, 15) is 9.18 Å². The van der Waals surface area contributed by atoms with Gasteiger partial charge in [-0.05, 0) is 65.9 Å². The van der Waals surface area contributed by atoms with E-state index in [0.29, 0.717) is 11.5 Å². The highest BCUT2D eigenvalue weighted by atomic mass is 19.1. The Balaban J connectivity index is 1.28. The second-order valence-corrected chi connectivity index (χ2v) is 9.35. The van der Waals surface area contributed by atoms with E-state index in [4.69, 9.17) is 4.98 Å². The molecule has 7 nitrogen and oxygen atoms in total. The minimum absolute atomic E-state index is 0.0871. The Labute approximate surface area is 210 Å². The molecular weight excluding hydrogens is 467 g/mol. The SMILES string of the molecule is O=C(Nc1cccc(-c2ccc3[nH]nc(-c4nc5c(-c6ccc(F)cc6)cncc5[nH]4)c3c2)c1)C1CC1. The number of H-pyrrole nitrogens is 2. The largest absolute Gasteiger partial charge is 0.335 e. The fourth-order valence-corrected chi connectivity index (χ4v) is 4.63. The number of hydrogen-bond donors (Lipinski definition) is 3. The fourth-order valence-electron chi connectivity index (χ4n) is 4.63. The molecule has 0 radical (unpaired) electrons. The highest BCUT2D eigenvalue weighted by Crippen LogP contribution is 2.34. The molecule has 3 aromatic carbocycles. The number of nitrogens with one attached hydrogen (secondary N) is 3. The van der Waals surface area contributed by atoms with Crippen molar-refractivity contribution < 1.29 is 9.18 Å². The number of carbonyl (C=O) groups excluding carboxylic acids is 1. The quantitative estimate of drug-likeness (QED) is 0.264. The lowest BCUT2D eigenvalue weighted by Crippen LogP contribution is -2.13. The summed E-state index contributed by atoms with van der Waals surface area (Å²) in [5.74, 6) is 0.557. The van der Waals surface area contributed by atoms with Crippen LogP contribution in [-0.4, -0.2) is 31.1 Å². The topological polar surface area (TPSA) is 99.3 Å². The molecule has 1 aliphatic carbocycles. The van der Waals surface area contributed by atoms with Crippen LogP contribution >= 0.6 is 0 Å². The molecular formula is C29H21FN6O. The van der Waals surface area contributed by atoms with Crippen LogP contribution in [0.3, 0.4) is 0 Å². The van der Waals surface area contributed by atoms with Crippen molar-refractivity contribution >= 4 is 33.5 Å². The summed E-state index contributed by atoms with van der Waals surface area (Å²) in [5, 5.41) is 11.6. The summed E-state index contributed by atoms with van der Waals surface area (Å²) >= 11 is 0. The molecule has 8 heteroatoms. The van der Waals surface area contributed by atoms with Gasteiger partial charge in [-0.15, -0.1) is 0 Å². The lowest BCUT2D eigenvalue weighted by Gasteiger charge is -2.08. The molecule has 0 spiro atoms. The third-order valence-corrected chi connectivity index (χ3v) is 6.75. The van der Waals surface area contributed by atoms with Gasteiger partial charge in [-0.3, -0.25) is 14.9 Å². The van der Waals surface area contributed by atoms with Crippen LogP contribution in [0.15, 0.2) is 79.1 Å². The van der Waals surface area contributed by atoms with Gasteiger partial charge in [0.25, 0.3) is 0 Å². The Bertz CT molecular complexity index is 1800. The first-order valence-corrected chi connectivity index (χ1v) is 12.1. The van der Waals surface area contributed by atoms with Crippen LogP contribution in [-0.2, 0) is 4.79 Å². The minimum Gasteiger partial charge on any atom is -0.335 e. The zero-order valence-corrected chi connectivity index (χ0v) is 19.6. The predicted octanol–water partition coefficient (Wildman–Crippen LogP) is 6.32. The summed E-state index contributed by atoms with van der Waals surface area (Å²) in [7, 11) is 0. The van der Waals surface area contributed by atoms with Crippen molar-refractivity contribution in [1.82, 2.24) is 25.1 Å². The third-order valence-electron chi connectivity index (χ3n) is 6.75. The Kier molecular flexibility index (Phi) is 4.85. The third kappa shape index (κ3) is 3.92. The molecule has 7 rings (SSSR count). The summed E-state index contributed by atoms with van der Waals surface area (Å²) in [5.41, 5.74) is 7.51. The molecule has 3 heterocycles. The minimum atomic E-state index is -0.291. The van der Waals surface area contributed by atoms with Crippen LogP contribution in [0.4, 0.5) is 10.1 Å². The average molecular weight is 489 g/mol. The van der Waals surface area contributed by atoms with Gasteiger partial charge < -0.3 is 10.3 Å². The average Bonchev–Trinajstić information content (AvgIpc) is 3.55. The maximum Gasteiger partial charge on any atom is 0.227 e. The number of pyridine rings is 1. The Morgan fingerprint density at radius 3 is 2.57 bits per heavy atom. The number of aromatic nitrogens is 5. The van der Waals surface area contributed by atoms with Crippen LogP contribution in [0.25, 0.3) is 55.7 Å². The second-order valence-electron chi connectivity index (χ2n) is 9.35. The number of amides is 1. The van der Waals surface area contributed by atoms with Gasteiger partial charge >= 0.3 is 0 Å². The molecule has 1 saturated carbocycles. The summed E-state index contributed by atoms with van der Waals surface area (Å²) in [6.07, 6.45) is 5.39. The Hall–Kier alpha value is -4.85. The first kappa shape index (κ1) is 21.4. The molecule has 0 atom stereocenters. The summed E-state index contributed by atoms with van der Waals surface area (Å²) in [6.45, 7) is 0. The summed E-state index contributed by atoms with van der Waals surface area (Å²) < 4.78 is 13.5. The van der Waals surface area contributed by atoms with Crippen LogP contribution in [0.2, 0.25) is 0 Å². The van der Waals surface area contributed by atoms with E-state index in [1.807, 2.05) is 36.4 Å². The molecule has 0 unspecified atom stereocenters. The van der Waals surface area contributed by atoms with E-state index in [1.54, 1.807) is 24.5 Å². The Morgan fingerprint density at radius 2 is 1.73 bits per heavy atom. The van der Waals surface area contributed by atoms with Gasteiger partial charge in [0.05, 0.1) is 22.7 Å². The van der Waals surface area contributed by atoms with Crippen LogP contribution in [0.5, 0.6) is 0 Å². The van der Waals surface area contributed by atoms with Gasteiger partial charge in [-0.1, -0.05) is 30.3 Å². The van der Waals surface area contributed by atoms with E-state index < -0.39 is 0 Å². The monoisotopic (exact) mass is 488 g/mol. The second kappa shape index (κ2) is 8.37. The van der Waals surface area contributed by atoms with Crippen molar-refractivity contribution in [3.05, 3.63) is 84.9 Å². The van der Waals surface area contributed by atoms with E-state index in [-0.39, 0.29) is 17.6 Å². The fraction of sp³-hybridized carbons (Fsp3) is 0.103. The lowest BCUT2D eigenvalue weighted by molar-refractivity contribution is -0.117. The molecule has 1 amide bonds. The molecule has 3 N–H and O–H groups in total. The van der Waals surface area contributed by atoms with E-state index in [1.165, 1.54) is 12.1 Å². The molecule has 180 valence electrons. The van der Waals surface area contributed by atoms with E-state index in [2.05, 4.69) is 31.5 Å².